The molecule has 3 heterocycles. The molecular weight excluding hydrogens is 282 g/mol. The number of piperidine rings is 1. The van der Waals surface area contributed by atoms with Crippen molar-refractivity contribution in [3.63, 3.8) is 0 Å². The zero-order chi connectivity index (χ0) is 15.5. The number of aromatic nitrogens is 2. The lowest BCUT2D eigenvalue weighted by molar-refractivity contribution is -0.122. The molecule has 0 aromatic carbocycles. The number of nitrogens with two attached hydrogens (primary N) is 1. The third kappa shape index (κ3) is 3.30. The predicted molar refractivity (Wildman–Crippen MR) is 83.9 cm³/mol. The molecule has 2 aliphatic heterocycles. The summed E-state index contributed by atoms with van der Waals surface area (Å²) in [7, 11) is 0. The number of nitrogens with zero attached hydrogens (tertiary/aromatic N) is 4. The van der Waals surface area contributed by atoms with Crippen molar-refractivity contribution in [2.45, 2.75) is 19.8 Å². The van der Waals surface area contributed by atoms with Crippen molar-refractivity contribution in [1.82, 2.24) is 9.97 Å². The maximum atomic E-state index is 11.3. The quantitative estimate of drug-likeness (QED) is 0.866. The first-order valence-electron chi connectivity index (χ1n) is 7.86. The van der Waals surface area contributed by atoms with Crippen LogP contribution in [0.2, 0.25) is 0 Å². The molecule has 1 amide bonds. The number of carbonyl (C=O) groups excluding carboxylic acids is 1. The summed E-state index contributed by atoms with van der Waals surface area (Å²) >= 11 is 0. The van der Waals surface area contributed by atoms with Crippen LogP contribution in [0.15, 0.2) is 6.07 Å². The van der Waals surface area contributed by atoms with E-state index in [0.717, 1.165) is 69.7 Å². The molecule has 0 bridgehead atoms. The Hall–Kier alpha value is -1.89. The van der Waals surface area contributed by atoms with Crippen molar-refractivity contribution in [2.75, 3.05) is 49.2 Å². The van der Waals surface area contributed by atoms with Gasteiger partial charge in [-0.25, -0.2) is 4.98 Å². The highest BCUT2D eigenvalue weighted by atomic mass is 16.5. The normalized spacial score (nSPS) is 20.2. The van der Waals surface area contributed by atoms with Crippen LogP contribution in [0.5, 0.6) is 0 Å². The third-order valence-corrected chi connectivity index (χ3v) is 4.34. The Morgan fingerprint density at radius 3 is 2.50 bits per heavy atom. The lowest BCUT2D eigenvalue weighted by Gasteiger charge is -2.32. The molecule has 7 heteroatoms. The average molecular weight is 305 g/mol. The number of hydrogen-bond acceptors (Lipinski definition) is 6. The number of anilines is 2. The first kappa shape index (κ1) is 15.0. The summed E-state index contributed by atoms with van der Waals surface area (Å²) in [6.07, 6.45) is 1.55. The highest BCUT2D eigenvalue weighted by Gasteiger charge is 2.25. The lowest BCUT2D eigenvalue weighted by atomic mass is 9.96. The summed E-state index contributed by atoms with van der Waals surface area (Å²) in [6, 6.07) is 2.02. The maximum absolute atomic E-state index is 11.3. The van der Waals surface area contributed by atoms with Crippen molar-refractivity contribution in [1.29, 1.82) is 0 Å². The summed E-state index contributed by atoms with van der Waals surface area (Å²) in [5.41, 5.74) is 6.35. The summed E-state index contributed by atoms with van der Waals surface area (Å²) in [5, 5.41) is 0. The number of ether oxygens (including phenoxy) is 1. The van der Waals surface area contributed by atoms with E-state index >= 15 is 0 Å². The minimum Gasteiger partial charge on any atom is -0.378 e. The Morgan fingerprint density at radius 1 is 1.18 bits per heavy atom. The number of carbonyl (C=O) groups is 1. The Morgan fingerprint density at radius 2 is 1.86 bits per heavy atom. The number of rotatable bonds is 3. The van der Waals surface area contributed by atoms with E-state index in [1.807, 2.05) is 13.0 Å². The number of morpholine rings is 1. The van der Waals surface area contributed by atoms with E-state index < -0.39 is 0 Å². The molecule has 7 nitrogen and oxygen atoms in total. The molecule has 2 aliphatic rings. The molecule has 1 aromatic heterocycles. The second-order valence-electron chi connectivity index (χ2n) is 5.93. The molecule has 22 heavy (non-hydrogen) atoms. The van der Waals surface area contributed by atoms with Gasteiger partial charge in [-0.05, 0) is 19.8 Å². The van der Waals surface area contributed by atoms with Gasteiger partial charge in [-0.15, -0.1) is 0 Å². The molecule has 0 radical (unpaired) electrons. The van der Waals surface area contributed by atoms with E-state index in [1.165, 1.54) is 0 Å². The number of amides is 1. The van der Waals surface area contributed by atoms with Gasteiger partial charge in [0.2, 0.25) is 11.9 Å². The van der Waals surface area contributed by atoms with E-state index in [1.54, 1.807) is 0 Å². The minimum atomic E-state index is -0.196. The molecule has 0 spiro atoms. The first-order chi connectivity index (χ1) is 10.6. The standard InChI is InChI=1S/C15H23N5O2/c1-11-10-13(19-6-8-22-9-7-19)18-15(17-11)20-4-2-12(3-5-20)14(16)21/h10,12H,2-9H2,1H3,(H2,16,21). The van der Waals surface area contributed by atoms with Gasteiger partial charge in [-0.2, -0.15) is 4.98 Å². The molecule has 2 saturated heterocycles. The second-order valence-corrected chi connectivity index (χ2v) is 5.93. The number of aryl methyl sites for hydroxylation is 1. The first-order valence-corrected chi connectivity index (χ1v) is 7.86. The molecule has 2 fully saturated rings. The van der Waals surface area contributed by atoms with Crippen LogP contribution in [0.4, 0.5) is 11.8 Å². The second kappa shape index (κ2) is 6.48. The van der Waals surface area contributed by atoms with Gasteiger partial charge in [0.05, 0.1) is 13.2 Å². The molecule has 1 aromatic rings. The Bertz CT molecular complexity index is 537. The van der Waals surface area contributed by atoms with Crippen LogP contribution in [0.25, 0.3) is 0 Å². The van der Waals surface area contributed by atoms with Crippen LogP contribution >= 0.6 is 0 Å². The van der Waals surface area contributed by atoms with Gasteiger partial charge in [-0.1, -0.05) is 0 Å². The van der Waals surface area contributed by atoms with E-state index in [4.69, 9.17) is 15.5 Å². The Labute approximate surface area is 130 Å². The summed E-state index contributed by atoms with van der Waals surface area (Å²) in [4.78, 5) is 24.9. The van der Waals surface area contributed by atoms with Crippen LogP contribution < -0.4 is 15.5 Å². The molecular formula is C15H23N5O2. The Kier molecular flexibility index (Phi) is 4.42. The zero-order valence-corrected chi connectivity index (χ0v) is 13.0. The fourth-order valence-corrected chi connectivity index (χ4v) is 3.00. The third-order valence-electron chi connectivity index (χ3n) is 4.34. The van der Waals surface area contributed by atoms with Crippen molar-refractivity contribution < 1.29 is 9.53 Å². The Balaban J connectivity index is 1.74. The van der Waals surface area contributed by atoms with E-state index in [2.05, 4.69) is 14.8 Å². The minimum absolute atomic E-state index is 0.0141. The highest BCUT2D eigenvalue weighted by Crippen LogP contribution is 2.23. The van der Waals surface area contributed by atoms with Gasteiger partial charge < -0.3 is 20.3 Å². The van der Waals surface area contributed by atoms with Gasteiger partial charge in [0, 0.05) is 43.9 Å². The van der Waals surface area contributed by atoms with Crippen LogP contribution in [0.1, 0.15) is 18.5 Å². The predicted octanol–water partition coefficient (Wildman–Crippen LogP) is 0.323. The maximum Gasteiger partial charge on any atom is 0.227 e. The fraction of sp³-hybridized carbons (Fsp3) is 0.667. The average Bonchev–Trinajstić information content (AvgIpc) is 2.55. The van der Waals surface area contributed by atoms with Crippen molar-refractivity contribution >= 4 is 17.7 Å². The van der Waals surface area contributed by atoms with Crippen LogP contribution in [-0.2, 0) is 9.53 Å². The molecule has 2 N–H and O–H groups in total. The summed E-state index contributed by atoms with van der Waals surface area (Å²) in [5.74, 6) is 1.51. The van der Waals surface area contributed by atoms with Crippen molar-refractivity contribution in [2.24, 2.45) is 11.7 Å². The molecule has 120 valence electrons. The van der Waals surface area contributed by atoms with Gasteiger partial charge >= 0.3 is 0 Å². The van der Waals surface area contributed by atoms with E-state index in [9.17, 15) is 4.79 Å². The monoisotopic (exact) mass is 305 g/mol. The fourth-order valence-electron chi connectivity index (χ4n) is 3.00. The van der Waals surface area contributed by atoms with Crippen molar-refractivity contribution in [3.05, 3.63) is 11.8 Å². The lowest BCUT2D eigenvalue weighted by Crippen LogP contribution is -2.40. The van der Waals surface area contributed by atoms with Crippen LogP contribution in [-0.4, -0.2) is 55.3 Å². The largest absolute Gasteiger partial charge is 0.378 e. The van der Waals surface area contributed by atoms with E-state index in [-0.39, 0.29) is 11.8 Å². The molecule has 0 aliphatic carbocycles. The highest BCUT2D eigenvalue weighted by molar-refractivity contribution is 5.76. The molecule has 0 saturated carbocycles. The SMILES string of the molecule is Cc1cc(N2CCOCC2)nc(N2CCC(C(N)=O)CC2)n1. The summed E-state index contributed by atoms with van der Waals surface area (Å²) < 4.78 is 5.39. The van der Waals surface area contributed by atoms with Crippen molar-refractivity contribution in [3.8, 4) is 0 Å². The van der Waals surface area contributed by atoms with E-state index in [0.29, 0.717) is 0 Å². The number of hydrogen-bond donors (Lipinski definition) is 1. The molecule has 0 unspecified atom stereocenters. The summed E-state index contributed by atoms with van der Waals surface area (Å²) in [6.45, 7) is 6.74. The van der Waals surface area contributed by atoms with Gasteiger partial charge in [0.15, 0.2) is 0 Å². The van der Waals surface area contributed by atoms with Crippen LogP contribution in [0, 0.1) is 12.8 Å². The zero-order valence-electron chi connectivity index (χ0n) is 13.0. The molecule has 0 atom stereocenters. The van der Waals surface area contributed by atoms with Gasteiger partial charge in [-0.3, -0.25) is 4.79 Å². The topological polar surface area (TPSA) is 84.6 Å². The van der Waals surface area contributed by atoms with Crippen LogP contribution in [0.3, 0.4) is 0 Å². The van der Waals surface area contributed by atoms with Gasteiger partial charge in [0.25, 0.3) is 0 Å². The smallest absolute Gasteiger partial charge is 0.227 e. The number of primary amides is 1. The molecule has 3 rings (SSSR count). The van der Waals surface area contributed by atoms with Gasteiger partial charge in [0.1, 0.15) is 5.82 Å².